The molecule has 4 rings (SSSR count). The molecule has 0 saturated carbocycles. The number of fused-ring (bicyclic) bond motifs is 2. The minimum atomic E-state index is 0. The fourth-order valence-corrected chi connectivity index (χ4v) is 4.31. The van der Waals surface area contributed by atoms with Gasteiger partial charge in [-0.15, -0.1) is 23.7 Å². The number of nitrogens with one attached hydrogen (secondary N) is 1. The molecule has 0 spiro atoms. The summed E-state index contributed by atoms with van der Waals surface area (Å²) < 4.78 is 2.07. The Labute approximate surface area is 146 Å². The van der Waals surface area contributed by atoms with Crippen molar-refractivity contribution in [1.82, 2.24) is 14.8 Å². The van der Waals surface area contributed by atoms with Crippen molar-refractivity contribution in [2.24, 2.45) is 0 Å². The number of aromatic nitrogens is 1. The lowest BCUT2D eigenvalue weighted by molar-refractivity contribution is 0.0738. The highest BCUT2D eigenvalue weighted by Gasteiger charge is 2.32. The minimum Gasteiger partial charge on any atom is -0.338 e. The molecule has 2 aromatic heterocycles. The molecule has 2 aromatic rings. The number of thiophene rings is 1. The van der Waals surface area contributed by atoms with Gasteiger partial charge < -0.3 is 14.8 Å². The van der Waals surface area contributed by atoms with Crippen LogP contribution in [0.4, 0.5) is 0 Å². The molecule has 23 heavy (non-hydrogen) atoms. The highest BCUT2D eigenvalue weighted by Crippen LogP contribution is 2.22. The molecule has 0 aliphatic carbocycles. The predicted molar refractivity (Wildman–Crippen MR) is 95.6 cm³/mol. The van der Waals surface area contributed by atoms with Crippen LogP contribution in [-0.4, -0.2) is 40.5 Å². The first kappa shape index (κ1) is 16.6. The molecule has 6 heteroatoms. The molecule has 124 valence electrons. The Kier molecular flexibility index (Phi) is 5.09. The van der Waals surface area contributed by atoms with Gasteiger partial charge in [-0.1, -0.05) is 6.07 Å². The van der Waals surface area contributed by atoms with Crippen LogP contribution in [-0.2, 0) is 6.54 Å². The molecule has 2 atom stereocenters. The second kappa shape index (κ2) is 7.07. The van der Waals surface area contributed by atoms with Gasteiger partial charge in [0.15, 0.2) is 0 Å². The third-order valence-corrected chi connectivity index (χ3v) is 5.63. The Morgan fingerprint density at radius 3 is 2.91 bits per heavy atom. The highest BCUT2D eigenvalue weighted by molar-refractivity contribution is 7.09. The zero-order valence-corrected chi connectivity index (χ0v) is 14.6. The van der Waals surface area contributed by atoms with E-state index in [-0.39, 0.29) is 18.3 Å². The van der Waals surface area contributed by atoms with E-state index in [0.29, 0.717) is 12.1 Å². The maximum absolute atomic E-state index is 12.9. The summed E-state index contributed by atoms with van der Waals surface area (Å²) in [6, 6.07) is 9.20. The standard InChI is InChI=1S/C17H21N3OS.ClH/c21-17(20-9-7-13-5-6-14(11-20)18-13)16-4-1-8-19(16)12-15-3-2-10-22-15;/h1-4,8,10,13-14,18H,5-7,9,11-12H2;1H. The lowest BCUT2D eigenvalue weighted by Crippen LogP contribution is -2.39. The summed E-state index contributed by atoms with van der Waals surface area (Å²) >= 11 is 1.73. The molecule has 2 unspecified atom stereocenters. The van der Waals surface area contributed by atoms with Crippen molar-refractivity contribution in [3.63, 3.8) is 0 Å². The number of halogens is 1. The Balaban J connectivity index is 0.00000156. The Morgan fingerprint density at radius 1 is 1.22 bits per heavy atom. The summed E-state index contributed by atoms with van der Waals surface area (Å²) in [5, 5.41) is 5.72. The van der Waals surface area contributed by atoms with Gasteiger partial charge in [0, 0.05) is 36.2 Å². The Hall–Kier alpha value is -1.30. The molecule has 1 N–H and O–H groups in total. The number of carbonyl (C=O) groups is 1. The van der Waals surface area contributed by atoms with Crippen LogP contribution < -0.4 is 5.32 Å². The van der Waals surface area contributed by atoms with Crippen LogP contribution in [0.25, 0.3) is 0 Å². The van der Waals surface area contributed by atoms with Gasteiger partial charge in [-0.05, 0) is 42.8 Å². The molecule has 1 amide bonds. The fraction of sp³-hybridized carbons (Fsp3) is 0.471. The van der Waals surface area contributed by atoms with Gasteiger partial charge in [0.05, 0.1) is 6.54 Å². The van der Waals surface area contributed by atoms with E-state index in [4.69, 9.17) is 0 Å². The van der Waals surface area contributed by atoms with Crippen molar-refractivity contribution in [3.8, 4) is 0 Å². The van der Waals surface area contributed by atoms with Crippen molar-refractivity contribution < 1.29 is 4.79 Å². The number of amides is 1. The van der Waals surface area contributed by atoms with Crippen molar-refractivity contribution >= 4 is 29.7 Å². The van der Waals surface area contributed by atoms with Crippen LogP contribution in [0.15, 0.2) is 35.8 Å². The minimum absolute atomic E-state index is 0. The lowest BCUT2D eigenvalue weighted by Gasteiger charge is -2.24. The molecule has 4 heterocycles. The van der Waals surface area contributed by atoms with Crippen LogP contribution in [0.5, 0.6) is 0 Å². The van der Waals surface area contributed by atoms with Crippen LogP contribution in [0, 0.1) is 0 Å². The van der Waals surface area contributed by atoms with E-state index < -0.39 is 0 Å². The van der Waals surface area contributed by atoms with Crippen molar-refractivity contribution in [2.75, 3.05) is 13.1 Å². The average molecular weight is 352 g/mol. The van der Waals surface area contributed by atoms with Crippen LogP contribution in [0.2, 0.25) is 0 Å². The maximum Gasteiger partial charge on any atom is 0.270 e. The maximum atomic E-state index is 12.9. The first-order chi connectivity index (χ1) is 10.8. The zero-order chi connectivity index (χ0) is 14.9. The summed E-state index contributed by atoms with van der Waals surface area (Å²) in [5.41, 5.74) is 0.811. The largest absolute Gasteiger partial charge is 0.338 e. The van der Waals surface area contributed by atoms with E-state index in [9.17, 15) is 4.79 Å². The number of hydrogen-bond acceptors (Lipinski definition) is 3. The molecule has 0 aromatic carbocycles. The van der Waals surface area contributed by atoms with Crippen molar-refractivity contribution in [3.05, 3.63) is 46.4 Å². The third kappa shape index (κ3) is 3.47. The van der Waals surface area contributed by atoms with Crippen LogP contribution in [0.1, 0.15) is 34.6 Å². The van der Waals surface area contributed by atoms with E-state index in [2.05, 4.69) is 27.4 Å². The predicted octanol–water partition coefficient (Wildman–Crippen LogP) is 2.99. The monoisotopic (exact) mass is 351 g/mol. The zero-order valence-electron chi connectivity index (χ0n) is 13.0. The first-order valence-electron chi connectivity index (χ1n) is 8.02. The molecular weight excluding hydrogens is 330 g/mol. The molecule has 4 nitrogen and oxygen atoms in total. The molecule has 2 fully saturated rings. The van der Waals surface area contributed by atoms with E-state index in [1.54, 1.807) is 11.3 Å². The van der Waals surface area contributed by atoms with E-state index >= 15 is 0 Å². The second-order valence-electron chi connectivity index (χ2n) is 6.28. The number of hydrogen-bond donors (Lipinski definition) is 1. The van der Waals surface area contributed by atoms with Gasteiger partial charge in [0.2, 0.25) is 0 Å². The summed E-state index contributed by atoms with van der Waals surface area (Å²) in [6.45, 7) is 2.50. The number of rotatable bonds is 3. The molecule has 2 aliphatic heterocycles. The van der Waals surface area contributed by atoms with E-state index in [1.165, 1.54) is 17.7 Å². The lowest BCUT2D eigenvalue weighted by atomic mass is 10.1. The van der Waals surface area contributed by atoms with Gasteiger partial charge in [-0.2, -0.15) is 0 Å². The summed E-state index contributed by atoms with van der Waals surface area (Å²) in [5.74, 6) is 0.177. The molecule has 0 radical (unpaired) electrons. The SMILES string of the molecule is Cl.O=C(c1cccn1Cc1cccs1)N1CCC2CCC(C1)N2. The Morgan fingerprint density at radius 2 is 2.09 bits per heavy atom. The van der Waals surface area contributed by atoms with Gasteiger partial charge in [-0.25, -0.2) is 0 Å². The number of nitrogens with zero attached hydrogens (tertiary/aromatic N) is 2. The topological polar surface area (TPSA) is 37.3 Å². The summed E-state index contributed by atoms with van der Waals surface area (Å²) in [4.78, 5) is 16.2. The molecule has 2 bridgehead atoms. The molecule has 2 aliphatic rings. The van der Waals surface area contributed by atoms with Gasteiger partial charge in [0.1, 0.15) is 5.69 Å². The normalized spacial score (nSPS) is 23.4. The van der Waals surface area contributed by atoms with Gasteiger partial charge >= 0.3 is 0 Å². The highest BCUT2D eigenvalue weighted by atomic mass is 35.5. The third-order valence-electron chi connectivity index (χ3n) is 4.77. The summed E-state index contributed by atoms with van der Waals surface area (Å²) in [6.07, 6.45) is 5.55. The number of carbonyl (C=O) groups excluding carboxylic acids is 1. The molecular formula is C17H22ClN3OS. The van der Waals surface area contributed by atoms with E-state index in [1.807, 2.05) is 23.2 Å². The molecule has 2 saturated heterocycles. The van der Waals surface area contributed by atoms with E-state index in [0.717, 1.165) is 31.7 Å². The second-order valence-corrected chi connectivity index (χ2v) is 7.31. The summed E-state index contributed by atoms with van der Waals surface area (Å²) in [7, 11) is 0. The Bertz CT molecular complexity index is 655. The quantitative estimate of drug-likeness (QED) is 0.923. The van der Waals surface area contributed by atoms with Crippen LogP contribution >= 0.6 is 23.7 Å². The van der Waals surface area contributed by atoms with Crippen molar-refractivity contribution in [1.29, 1.82) is 0 Å². The fourth-order valence-electron chi connectivity index (χ4n) is 3.61. The average Bonchev–Trinajstić information content (AvgIpc) is 3.21. The smallest absolute Gasteiger partial charge is 0.270 e. The van der Waals surface area contributed by atoms with Crippen molar-refractivity contribution in [2.45, 2.75) is 37.9 Å². The first-order valence-corrected chi connectivity index (χ1v) is 8.90. The number of likely N-dealkylation sites (tertiary alicyclic amines) is 1. The van der Waals surface area contributed by atoms with Gasteiger partial charge in [0.25, 0.3) is 5.91 Å². The van der Waals surface area contributed by atoms with Gasteiger partial charge in [-0.3, -0.25) is 4.79 Å². The van der Waals surface area contributed by atoms with Crippen LogP contribution in [0.3, 0.4) is 0 Å².